The lowest BCUT2D eigenvalue weighted by atomic mass is 10.1. The van der Waals surface area contributed by atoms with Crippen LogP contribution in [0.5, 0.6) is 11.5 Å². The van der Waals surface area contributed by atoms with Crippen LogP contribution in [0.25, 0.3) is 11.5 Å². The van der Waals surface area contributed by atoms with E-state index < -0.39 is 0 Å². The summed E-state index contributed by atoms with van der Waals surface area (Å²) in [6.45, 7) is 1.67. The van der Waals surface area contributed by atoms with E-state index in [1.54, 1.807) is 12.1 Å². The van der Waals surface area contributed by atoms with Crippen molar-refractivity contribution in [2.45, 2.75) is 70.0 Å². The zero-order valence-electron chi connectivity index (χ0n) is 22.9. The summed E-state index contributed by atoms with van der Waals surface area (Å²) < 4.78 is 11.8. The predicted octanol–water partition coefficient (Wildman–Crippen LogP) is 4.10. The second-order valence-corrected chi connectivity index (χ2v) is 11.7. The summed E-state index contributed by atoms with van der Waals surface area (Å²) in [5, 5.41) is 7.13. The Morgan fingerprint density at radius 1 is 1.05 bits per heavy atom. The number of amides is 3. The molecule has 10 heteroatoms. The molecule has 41 heavy (non-hydrogen) atoms. The van der Waals surface area contributed by atoms with Gasteiger partial charge in [0.1, 0.15) is 11.5 Å². The molecule has 0 spiro atoms. The quantitative estimate of drug-likeness (QED) is 0.400. The minimum Gasteiger partial charge on any atom is -0.457 e. The van der Waals surface area contributed by atoms with E-state index in [4.69, 9.17) is 9.26 Å². The van der Waals surface area contributed by atoms with E-state index in [2.05, 4.69) is 15.5 Å². The highest BCUT2D eigenvalue weighted by molar-refractivity contribution is 5.95. The number of aromatic nitrogens is 2. The van der Waals surface area contributed by atoms with E-state index in [1.807, 2.05) is 40.1 Å². The monoisotopic (exact) mass is 555 g/mol. The highest BCUT2D eigenvalue weighted by atomic mass is 16.5. The molecule has 1 unspecified atom stereocenters. The SMILES string of the molecule is O=C(NC1CC(=O)N(C2CC2)C1)c1ccc(CN2CCCC2=O)c(Oc2ccc(-c3nc(CC4CC4)no3)cc2)c1. The van der Waals surface area contributed by atoms with Crippen molar-refractivity contribution < 1.29 is 23.6 Å². The van der Waals surface area contributed by atoms with Crippen LogP contribution in [-0.2, 0) is 22.6 Å². The number of hydrogen-bond donors (Lipinski definition) is 1. The van der Waals surface area contributed by atoms with Gasteiger partial charge in [0.2, 0.25) is 11.8 Å². The van der Waals surface area contributed by atoms with Crippen LogP contribution >= 0.6 is 0 Å². The third-order valence-corrected chi connectivity index (χ3v) is 8.31. The van der Waals surface area contributed by atoms with Crippen molar-refractivity contribution in [3.63, 3.8) is 0 Å². The average Bonchev–Trinajstić information content (AvgIpc) is 3.86. The van der Waals surface area contributed by atoms with Crippen molar-refractivity contribution in [3.8, 4) is 23.0 Å². The van der Waals surface area contributed by atoms with Crippen molar-refractivity contribution in [2.75, 3.05) is 13.1 Å². The van der Waals surface area contributed by atoms with Crippen LogP contribution in [0.4, 0.5) is 0 Å². The first-order valence-corrected chi connectivity index (χ1v) is 14.6. The van der Waals surface area contributed by atoms with Crippen LogP contribution in [0, 0.1) is 5.92 Å². The van der Waals surface area contributed by atoms with Crippen LogP contribution in [0.2, 0.25) is 0 Å². The Labute approximate surface area is 238 Å². The molecule has 7 rings (SSSR count). The molecule has 3 aromatic rings. The molecule has 3 heterocycles. The Kier molecular flexibility index (Phi) is 6.68. The summed E-state index contributed by atoms with van der Waals surface area (Å²) in [4.78, 5) is 46.1. The van der Waals surface area contributed by atoms with Gasteiger partial charge in [-0.05, 0) is 74.4 Å². The van der Waals surface area contributed by atoms with Crippen LogP contribution in [0.1, 0.15) is 66.7 Å². The maximum atomic E-state index is 13.2. The maximum Gasteiger partial charge on any atom is 0.257 e. The topological polar surface area (TPSA) is 118 Å². The van der Waals surface area contributed by atoms with Gasteiger partial charge in [-0.3, -0.25) is 14.4 Å². The first-order chi connectivity index (χ1) is 20.0. The van der Waals surface area contributed by atoms with Gasteiger partial charge in [0.25, 0.3) is 11.8 Å². The summed E-state index contributed by atoms with van der Waals surface area (Å²) in [7, 11) is 0. The summed E-state index contributed by atoms with van der Waals surface area (Å²) in [6, 6.07) is 12.8. The lowest BCUT2D eigenvalue weighted by Crippen LogP contribution is -2.37. The molecule has 2 aliphatic carbocycles. The first-order valence-electron chi connectivity index (χ1n) is 14.6. The molecule has 10 nitrogen and oxygen atoms in total. The Morgan fingerprint density at radius 3 is 2.61 bits per heavy atom. The fourth-order valence-corrected chi connectivity index (χ4v) is 5.66. The molecule has 0 bridgehead atoms. The second kappa shape index (κ2) is 10.6. The van der Waals surface area contributed by atoms with Crippen molar-refractivity contribution >= 4 is 17.7 Å². The highest BCUT2D eigenvalue weighted by Gasteiger charge is 2.39. The average molecular weight is 556 g/mol. The molecule has 1 aromatic heterocycles. The molecule has 2 saturated heterocycles. The van der Waals surface area contributed by atoms with Crippen LogP contribution in [0.15, 0.2) is 47.0 Å². The molecule has 4 fully saturated rings. The van der Waals surface area contributed by atoms with E-state index in [0.717, 1.165) is 42.6 Å². The van der Waals surface area contributed by atoms with E-state index >= 15 is 0 Å². The third kappa shape index (κ3) is 5.82. The Bertz CT molecular complexity index is 1480. The zero-order chi connectivity index (χ0) is 27.9. The van der Waals surface area contributed by atoms with Gasteiger partial charge in [0, 0.05) is 61.6 Å². The molecule has 4 aliphatic rings. The maximum absolute atomic E-state index is 13.2. The lowest BCUT2D eigenvalue weighted by molar-refractivity contribution is -0.129. The first kappa shape index (κ1) is 25.7. The van der Waals surface area contributed by atoms with E-state index in [0.29, 0.717) is 67.4 Å². The summed E-state index contributed by atoms with van der Waals surface area (Å²) in [5.74, 6) is 2.96. The normalized spacial score (nSPS) is 20.6. The van der Waals surface area contributed by atoms with Gasteiger partial charge >= 0.3 is 0 Å². The summed E-state index contributed by atoms with van der Waals surface area (Å²) in [6.07, 6.45) is 7.12. The smallest absolute Gasteiger partial charge is 0.257 e. The number of nitrogens with one attached hydrogen (secondary N) is 1. The number of likely N-dealkylation sites (tertiary alicyclic amines) is 2. The lowest BCUT2D eigenvalue weighted by Gasteiger charge is -2.20. The molecular formula is C31H33N5O5. The summed E-state index contributed by atoms with van der Waals surface area (Å²) in [5.41, 5.74) is 2.06. The van der Waals surface area contributed by atoms with Gasteiger partial charge in [-0.1, -0.05) is 11.2 Å². The fourth-order valence-electron chi connectivity index (χ4n) is 5.66. The molecule has 1 N–H and O–H groups in total. The molecule has 2 saturated carbocycles. The van der Waals surface area contributed by atoms with Crippen molar-refractivity contribution in [3.05, 3.63) is 59.4 Å². The molecule has 212 valence electrons. The van der Waals surface area contributed by atoms with Gasteiger partial charge in [0.15, 0.2) is 5.82 Å². The van der Waals surface area contributed by atoms with Gasteiger partial charge in [-0.2, -0.15) is 4.98 Å². The van der Waals surface area contributed by atoms with E-state index in [-0.39, 0.29) is 23.8 Å². The van der Waals surface area contributed by atoms with Gasteiger partial charge in [0.05, 0.1) is 6.04 Å². The third-order valence-electron chi connectivity index (χ3n) is 8.31. The largest absolute Gasteiger partial charge is 0.457 e. The molecule has 2 aromatic carbocycles. The number of hydrogen-bond acceptors (Lipinski definition) is 7. The minimum absolute atomic E-state index is 0.107. The zero-order valence-corrected chi connectivity index (χ0v) is 22.9. The van der Waals surface area contributed by atoms with Crippen LogP contribution in [-0.4, -0.2) is 62.8 Å². The molecular weight excluding hydrogens is 522 g/mol. The number of nitrogens with zero attached hydrogens (tertiary/aromatic N) is 4. The van der Waals surface area contributed by atoms with Crippen molar-refractivity contribution in [1.29, 1.82) is 0 Å². The number of carbonyl (C=O) groups is 3. The number of ether oxygens (including phenoxy) is 1. The van der Waals surface area contributed by atoms with Crippen molar-refractivity contribution in [1.82, 2.24) is 25.3 Å². The van der Waals surface area contributed by atoms with Crippen molar-refractivity contribution in [2.24, 2.45) is 5.92 Å². The van der Waals surface area contributed by atoms with Crippen LogP contribution in [0.3, 0.4) is 0 Å². The van der Waals surface area contributed by atoms with Gasteiger partial charge in [-0.25, -0.2) is 0 Å². The standard InChI is InChI=1S/C31H33N5O5/c37-28-2-1-13-35(28)17-22-6-5-21(30(39)32-23-16-29(38)36(18-23)24-9-10-24)15-26(22)40-25-11-7-20(8-12-25)31-33-27(34-41-31)14-19-3-4-19/h5-8,11-12,15,19,23-24H,1-4,9-10,13-14,16-18H2,(H,32,39). The molecule has 0 radical (unpaired) electrons. The Morgan fingerprint density at radius 2 is 1.88 bits per heavy atom. The second-order valence-electron chi connectivity index (χ2n) is 11.7. The molecule has 2 aliphatic heterocycles. The van der Waals surface area contributed by atoms with Gasteiger partial charge in [-0.15, -0.1) is 0 Å². The number of benzene rings is 2. The Balaban J connectivity index is 1.08. The van der Waals surface area contributed by atoms with Crippen LogP contribution < -0.4 is 10.1 Å². The number of carbonyl (C=O) groups excluding carboxylic acids is 3. The van der Waals surface area contributed by atoms with E-state index in [9.17, 15) is 14.4 Å². The Hall–Kier alpha value is -4.21. The van der Waals surface area contributed by atoms with E-state index in [1.165, 1.54) is 12.8 Å². The molecule has 3 amide bonds. The minimum atomic E-state index is -0.247. The van der Waals surface area contributed by atoms with Gasteiger partial charge < -0.3 is 24.4 Å². The summed E-state index contributed by atoms with van der Waals surface area (Å²) >= 11 is 0. The molecule has 1 atom stereocenters. The fraction of sp³-hybridized carbons (Fsp3) is 0.452. The highest BCUT2D eigenvalue weighted by Crippen LogP contribution is 2.34. The number of rotatable bonds is 10. The predicted molar refractivity (Wildman–Crippen MR) is 148 cm³/mol.